The Labute approximate surface area is 153 Å². The van der Waals surface area contributed by atoms with Crippen molar-refractivity contribution in [1.29, 1.82) is 0 Å². The van der Waals surface area contributed by atoms with Gasteiger partial charge in [-0.25, -0.2) is 9.59 Å². The number of benzene rings is 2. The number of carbonyl (C=O) groups is 3. The minimum Gasteiger partial charge on any atom is -0.478 e. The van der Waals surface area contributed by atoms with Gasteiger partial charge in [-0.3, -0.25) is 4.79 Å². The maximum atomic E-state index is 11.9. The van der Waals surface area contributed by atoms with Gasteiger partial charge in [-0.15, -0.1) is 0 Å². The molecule has 8 heteroatoms. The summed E-state index contributed by atoms with van der Waals surface area (Å²) >= 11 is 0. The van der Waals surface area contributed by atoms with Crippen LogP contribution in [0.25, 0.3) is 11.1 Å². The van der Waals surface area contributed by atoms with Crippen LogP contribution in [0.3, 0.4) is 0 Å². The van der Waals surface area contributed by atoms with Crippen LogP contribution >= 0.6 is 0 Å². The quantitative estimate of drug-likeness (QED) is 0.546. The van der Waals surface area contributed by atoms with E-state index in [-0.39, 0.29) is 23.8 Å². The predicted octanol–water partition coefficient (Wildman–Crippen LogP) is 2.45. The molecule has 1 aliphatic heterocycles. The fraction of sp³-hybridized carbons (Fsp3) is 0.105. The van der Waals surface area contributed by atoms with E-state index in [2.05, 4.69) is 5.32 Å². The third-order valence-electron chi connectivity index (χ3n) is 3.81. The zero-order chi connectivity index (χ0) is 19.6. The highest BCUT2D eigenvalue weighted by atomic mass is 16.7. The molecule has 0 saturated heterocycles. The minimum absolute atomic E-state index is 0.00938. The monoisotopic (exact) mass is 369 g/mol. The summed E-state index contributed by atoms with van der Waals surface area (Å²) in [4.78, 5) is 35.1. The molecule has 1 aliphatic rings. The van der Waals surface area contributed by atoms with Gasteiger partial charge in [0, 0.05) is 12.6 Å². The van der Waals surface area contributed by atoms with Crippen LogP contribution in [0.5, 0.6) is 11.5 Å². The lowest BCUT2D eigenvalue weighted by Gasteiger charge is -2.12. The third kappa shape index (κ3) is 3.74. The molecular formula is C19H15NO7. The summed E-state index contributed by atoms with van der Waals surface area (Å²) < 4.78 is 10.4. The van der Waals surface area contributed by atoms with Crippen molar-refractivity contribution in [3.05, 3.63) is 53.6 Å². The molecule has 2 aromatic carbocycles. The maximum Gasteiger partial charge on any atom is 0.337 e. The minimum atomic E-state index is -1.41. The number of rotatable bonds is 5. The van der Waals surface area contributed by atoms with E-state index in [9.17, 15) is 24.6 Å². The molecule has 0 aliphatic carbocycles. The van der Waals surface area contributed by atoms with Gasteiger partial charge in [-0.1, -0.05) is 18.2 Å². The maximum absolute atomic E-state index is 11.9. The van der Waals surface area contributed by atoms with Gasteiger partial charge in [0.15, 0.2) is 11.5 Å². The first-order valence-electron chi connectivity index (χ1n) is 7.85. The standard InChI is InChI=1S/C19H15NO7/c1-10(21)20-13-4-2-3-11(7-13)16(18(22)23)17(19(24)25)12-5-6-14-15(8-12)27-9-26-14/h2-8H,9H2,1H3,(H,20,21)(H,22,23)(H,24,25)/b17-16-. The molecule has 0 fully saturated rings. The predicted molar refractivity (Wildman–Crippen MR) is 95.4 cm³/mol. The molecule has 0 saturated carbocycles. The van der Waals surface area contributed by atoms with Crippen LogP contribution in [0.15, 0.2) is 42.5 Å². The van der Waals surface area contributed by atoms with E-state index in [4.69, 9.17) is 9.47 Å². The number of carboxylic acid groups (broad SMARTS) is 2. The summed E-state index contributed by atoms with van der Waals surface area (Å²) in [7, 11) is 0. The van der Waals surface area contributed by atoms with Crippen LogP contribution in [-0.2, 0) is 14.4 Å². The van der Waals surface area contributed by atoms with Crippen molar-refractivity contribution in [2.24, 2.45) is 0 Å². The van der Waals surface area contributed by atoms with E-state index in [1.807, 2.05) is 0 Å². The normalized spacial score (nSPS) is 12.9. The smallest absolute Gasteiger partial charge is 0.337 e. The fourth-order valence-electron chi connectivity index (χ4n) is 2.76. The Balaban J connectivity index is 2.19. The highest BCUT2D eigenvalue weighted by Crippen LogP contribution is 2.37. The van der Waals surface area contributed by atoms with Crippen molar-refractivity contribution in [3.63, 3.8) is 0 Å². The van der Waals surface area contributed by atoms with Crippen molar-refractivity contribution in [3.8, 4) is 11.5 Å². The molecule has 8 nitrogen and oxygen atoms in total. The van der Waals surface area contributed by atoms with Gasteiger partial charge in [0.25, 0.3) is 0 Å². The molecule has 0 bridgehead atoms. The largest absolute Gasteiger partial charge is 0.478 e. The van der Waals surface area contributed by atoms with Crippen molar-refractivity contribution < 1.29 is 34.1 Å². The molecule has 138 valence electrons. The summed E-state index contributed by atoms with van der Waals surface area (Å²) in [5, 5.41) is 22.0. The number of hydrogen-bond donors (Lipinski definition) is 3. The summed E-state index contributed by atoms with van der Waals surface area (Å²) in [6.07, 6.45) is 0. The number of fused-ring (bicyclic) bond motifs is 1. The molecule has 3 rings (SSSR count). The lowest BCUT2D eigenvalue weighted by atomic mass is 9.94. The molecular weight excluding hydrogens is 354 g/mol. The number of ether oxygens (including phenoxy) is 2. The first-order valence-corrected chi connectivity index (χ1v) is 7.85. The zero-order valence-corrected chi connectivity index (χ0v) is 14.2. The number of aliphatic carboxylic acids is 2. The Bertz CT molecular complexity index is 978. The van der Waals surface area contributed by atoms with E-state index in [0.29, 0.717) is 17.2 Å². The second kappa shape index (κ2) is 7.20. The molecule has 3 N–H and O–H groups in total. The van der Waals surface area contributed by atoms with Gasteiger partial charge < -0.3 is 25.0 Å². The van der Waals surface area contributed by atoms with Crippen LogP contribution < -0.4 is 14.8 Å². The first kappa shape index (κ1) is 18.0. The Morgan fingerprint density at radius 1 is 0.889 bits per heavy atom. The third-order valence-corrected chi connectivity index (χ3v) is 3.81. The van der Waals surface area contributed by atoms with Crippen LogP contribution in [0.2, 0.25) is 0 Å². The van der Waals surface area contributed by atoms with Crippen LogP contribution in [0, 0.1) is 0 Å². The number of amides is 1. The second-order valence-corrected chi connectivity index (χ2v) is 5.69. The topological polar surface area (TPSA) is 122 Å². The fourth-order valence-corrected chi connectivity index (χ4v) is 2.76. The Kier molecular flexibility index (Phi) is 4.80. The average molecular weight is 369 g/mol. The molecule has 1 amide bonds. The lowest BCUT2D eigenvalue weighted by Crippen LogP contribution is -2.11. The Hall–Kier alpha value is -3.81. The first-order chi connectivity index (χ1) is 12.9. The van der Waals surface area contributed by atoms with Crippen molar-refractivity contribution in [1.82, 2.24) is 0 Å². The van der Waals surface area contributed by atoms with E-state index in [1.165, 1.54) is 43.3 Å². The zero-order valence-electron chi connectivity index (χ0n) is 14.2. The van der Waals surface area contributed by atoms with E-state index in [1.54, 1.807) is 6.07 Å². The average Bonchev–Trinajstić information content (AvgIpc) is 3.06. The molecule has 0 unspecified atom stereocenters. The van der Waals surface area contributed by atoms with Gasteiger partial charge in [-0.2, -0.15) is 0 Å². The number of nitrogens with one attached hydrogen (secondary N) is 1. The summed E-state index contributed by atoms with van der Waals surface area (Å²) in [6.45, 7) is 1.32. The van der Waals surface area contributed by atoms with Crippen molar-refractivity contribution in [2.45, 2.75) is 6.92 Å². The molecule has 0 atom stereocenters. The van der Waals surface area contributed by atoms with Crippen molar-refractivity contribution >= 4 is 34.7 Å². The summed E-state index contributed by atoms with van der Waals surface area (Å²) in [5.74, 6) is -2.36. The summed E-state index contributed by atoms with van der Waals surface area (Å²) in [6, 6.07) is 10.4. The number of carboxylic acids is 2. The van der Waals surface area contributed by atoms with Gasteiger partial charge in [0.2, 0.25) is 12.7 Å². The van der Waals surface area contributed by atoms with Crippen LogP contribution in [0.4, 0.5) is 5.69 Å². The highest BCUT2D eigenvalue weighted by Gasteiger charge is 2.25. The molecule has 0 radical (unpaired) electrons. The molecule has 0 aromatic heterocycles. The number of hydrogen-bond acceptors (Lipinski definition) is 5. The molecule has 1 heterocycles. The second-order valence-electron chi connectivity index (χ2n) is 5.69. The summed E-state index contributed by atoms with van der Waals surface area (Å²) in [5.41, 5.74) is -0.151. The van der Waals surface area contributed by atoms with Crippen LogP contribution in [-0.4, -0.2) is 34.9 Å². The van der Waals surface area contributed by atoms with Gasteiger partial charge in [0.05, 0.1) is 11.1 Å². The Morgan fingerprint density at radius 2 is 1.52 bits per heavy atom. The molecule has 27 heavy (non-hydrogen) atoms. The Morgan fingerprint density at radius 3 is 2.15 bits per heavy atom. The number of anilines is 1. The molecule has 2 aromatic rings. The van der Waals surface area contributed by atoms with Crippen LogP contribution in [0.1, 0.15) is 18.1 Å². The lowest BCUT2D eigenvalue weighted by molar-refractivity contribution is -0.132. The molecule has 0 spiro atoms. The number of carbonyl (C=O) groups excluding carboxylic acids is 1. The van der Waals surface area contributed by atoms with Gasteiger partial charge in [-0.05, 0) is 35.4 Å². The van der Waals surface area contributed by atoms with Gasteiger partial charge >= 0.3 is 11.9 Å². The van der Waals surface area contributed by atoms with Crippen molar-refractivity contribution in [2.75, 3.05) is 12.1 Å². The van der Waals surface area contributed by atoms with E-state index in [0.717, 1.165) is 0 Å². The highest BCUT2D eigenvalue weighted by molar-refractivity contribution is 6.36. The van der Waals surface area contributed by atoms with Gasteiger partial charge in [0.1, 0.15) is 0 Å². The SMILES string of the molecule is CC(=O)Nc1cccc(/C(C(=O)O)=C(/C(=O)O)c2ccc3c(c2)OCO3)c1. The van der Waals surface area contributed by atoms with E-state index < -0.39 is 23.1 Å². The van der Waals surface area contributed by atoms with E-state index >= 15 is 0 Å².